The predicted molar refractivity (Wildman–Crippen MR) is 108 cm³/mol. The molecule has 3 unspecified atom stereocenters. The molecule has 0 saturated heterocycles. The van der Waals surface area contributed by atoms with Gasteiger partial charge in [-0.15, -0.1) is 0 Å². The van der Waals surface area contributed by atoms with Crippen molar-refractivity contribution in [2.24, 2.45) is 16.7 Å². The van der Waals surface area contributed by atoms with E-state index in [-0.39, 0.29) is 16.2 Å². The fourth-order valence-corrected chi connectivity index (χ4v) is 6.12. The Labute approximate surface area is 159 Å². The summed E-state index contributed by atoms with van der Waals surface area (Å²) >= 11 is 0. The number of carbonyl (C=O) groups is 1. The van der Waals surface area contributed by atoms with Crippen LogP contribution < -0.4 is 0 Å². The third-order valence-electron chi connectivity index (χ3n) is 7.32. The van der Waals surface area contributed by atoms with E-state index in [4.69, 9.17) is 0 Å². The van der Waals surface area contributed by atoms with Crippen LogP contribution in [0.5, 0.6) is 5.75 Å². The zero-order chi connectivity index (χ0) is 19.5. The first-order valence-corrected chi connectivity index (χ1v) is 10.3. The molecular formula is C24H36O2. The van der Waals surface area contributed by atoms with Gasteiger partial charge in [0.05, 0.1) is 0 Å². The molecule has 1 fully saturated rings. The number of Topliss-reactive ketones (excluding diaryl/α,β-unsaturated/α-hetero) is 1. The highest BCUT2D eigenvalue weighted by Crippen LogP contribution is 2.59. The number of aryl methyl sites for hydroxylation is 1. The first-order valence-electron chi connectivity index (χ1n) is 10.3. The van der Waals surface area contributed by atoms with Gasteiger partial charge in [-0.2, -0.15) is 0 Å². The van der Waals surface area contributed by atoms with Gasteiger partial charge in [0.25, 0.3) is 0 Å². The van der Waals surface area contributed by atoms with Gasteiger partial charge < -0.3 is 5.11 Å². The van der Waals surface area contributed by atoms with Crippen LogP contribution in [0.1, 0.15) is 96.8 Å². The van der Waals surface area contributed by atoms with Crippen LogP contribution in [0.3, 0.4) is 0 Å². The maximum Gasteiger partial charge on any atom is 0.144 e. The number of phenols is 1. The van der Waals surface area contributed by atoms with Crippen molar-refractivity contribution in [1.29, 1.82) is 0 Å². The van der Waals surface area contributed by atoms with Crippen LogP contribution in [-0.4, -0.2) is 10.9 Å². The number of phenolic OH excluding ortho intramolecular Hbond substituents is 1. The molecular weight excluding hydrogens is 320 g/mol. The smallest absolute Gasteiger partial charge is 0.144 e. The van der Waals surface area contributed by atoms with Crippen molar-refractivity contribution < 1.29 is 9.90 Å². The lowest BCUT2D eigenvalue weighted by molar-refractivity contribution is -0.144. The topological polar surface area (TPSA) is 37.3 Å². The minimum atomic E-state index is -0.309. The maximum absolute atomic E-state index is 13.4. The average molecular weight is 357 g/mol. The van der Waals surface area contributed by atoms with Crippen molar-refractivity contribution >= 4 is 5.78 Å². The van der Waals surface area contributed by atoms with Crippen LogP contribution in [-0.2, 0) is 16.6 Å². The Hall–Kier alpha value is -1.31. The van der Waals surface area contributed by atoms with E-state index >= 15 is 0 Å². The van der Waals surface area contributed by atoms with E-state index < -0.39 is 0 Å². The Kier molecular flexibility index (Phi) is 4.57. The van der Waals surface area contributed by atoms with Crippen LogP contribution in [0.15, 0.2) is 12.1 Å². The molecule has 0 aromatic heterocycles. The molecule has 0 spiro atoms. The van der Waals surface area contributed by atoms with Crippen LogP contribution in [0.4, 0.5) is 0 Å². The predicted octanol–water partition coefficient (Wildman–Crippen LogP) is 6.14. The largest absolute Gasteiger partial charge is 0.508 e. The zero-order valence-corrected chi connectivity index (χ0v) is 17.7. The lowest BCUT2D eigenvalue weighted by Crippen LogP contribution is -2.54. The van der Waals surface area contributed by atoms with Gasteiger partial charge in [0.15, 0.2) is 0 Å². The lowest BCUT2D eigenvalue weighted by Gasteiger charge is -2.56. The number of fused-ring (bicyclic) bond motifs is 3. The Morgan fingerprint density at radius 1 is 1.19 bits per heavy atom. The SMILES string of the molecule is CC(C)c1cc2c(cc1O)C1(C)CCCC(C)(C(=O)C(C)(C)C)C1CC2. The Morgan fingerprint density at radius 3 is 2.42 bits per heavy atom. The van der Waals surface area contributed by atoms with Crippen molar-refractivity contribution in [2.45, 2.75) is 91.9 Å². The summed E-state index contributed by atoms with van der Waals surface area (Å²) in [6, 6.07) is 4.26. The second-order valence-electron chi connectivity index (χ2n) is 10.6. The van der Waals surface area contributed by atoms with E-state index in [1.807, 2.05) is 6.07 Å². The molecule has 0 aliphatic heterocycles. The molecule has 3 atom stereocenters. The number of rotatable bonds is 2. The number of carbonyl (C=O) groups excluding carboxylic acids is 1. The second kappa shape index (κ2) is 6.11. The van der Waals surface area contributed by atoms with Gasteiger partial charge in [-0.1, -0.05) is 61.0 Å². The minimum absolute atomic E-state index is 0.0194. The molecule has 144 valence electrons. The van der Waals surface area contributed by atoms with E-state index in [0.717, 1.165) is 37.7 Å². The molecule has 1 aromatic carbocycles. The zero-order valence-electron chi connectivity index (χ0n) is 17.7. The third kappa shape index (κ3) is 2.80. The van der Waals surface area contributed by atoms with Crippen molar-refractivity contribution in [2.75, 3.05) is 0 Å². The maximum atomic E-state index is 13.4. The molecule has 2 nitrogen and oxygen atoms in total. The van der Waals surface area contributed by atoms with Gasteiger partial charge in [-0.3, -0.25) is 4.79 Å². The van der Waals surface area contributed by atoms with Crippen LogP contribution in [0, 0.1) is 16.7 Å². The summed E-state index contributed by atoms with van der Waals surface area (Å²) in [6.45, 7) is 15.0. The van der Waals surface area contributed by atoms with E-state index in [1.54, 1.807) is 0 Å². The number of hydrogen-bond donors (Lipinski definition) is 1. The Bertz CT molecular complexity index is 724. The summed E-state index contributed by atoms with van der Waals surface area (Å²) in [5.41, 5.74) is 3.14. The van der Waals surface area contributed by atoms with Gasteiger partial charge in [0, 0.05) is 10.8 Å². The first kappa shape index (κ1) is 19.5. The number of aromatic hydroxyl groups is 1. The average Bonchev–Trinajstić information content (AvgIpc) is 2.53. The first-order chi connectivity index (χ1) is 11.9. The highest BCUT2D eigenvalue weighted by molar-refractivity contribution is 5.89. The molecule has 2 heteroatoms. The Balaban J connectivity index is 2.10. The minimum Gasteiger partial charge on any atom is -0.508 e. The third-order valence-corrected chi connectivity index (χ3v) is 7.32. The van der Waals surface area contributed by atoms with Gasteiger partial charge in [-0.05, 0) is 65.7 Å². The van der Waals surface area contributed by atoms with E-state index in [1.165, 1.54) is 11.1 Å². The van der Waals surface area contributed by atoms with Crippen LogP contribution in [0.25, 0.3) is 0 Å². The second-order valence-corrected chi connectivity index (χ2v) is 10.6. The molecule has 0 radical (unpaired) electrons. The summed E-state index contributed by atoms with van der Waals surface area (Å²) in [7, 11) is 0. The molecule has 2 aliphatic rings. The fourth-order valence-electron chi connectivity index (χ4n) is 6.12. The monoisotopic (exact) mass is 356 g/mol. The number of benzene rings is 1. The summed E-state index contributed by atoms with van der Waals surface area (Å²) in [5, 5.41) is 10.6. The summed E-state index contributed by atoms with van der Waals surface area (Å²) in [4.78, 5) is 13.4. The van der Waals surface area contributed by atoms with Crippen molar-refractivity contribution in [1.82, 2.24) is 0 Å². The van der Waals surface area contributed by atoms with Crippen molar-refractivity contribution in [3.05, 3.63) is 28.8 Å². The highest BCUT2D eigenvalue weighted by Gasteiger charge is 2.56. The van der Waals surface area contributed by atoms with Gasteiger partial charge in [0.1, 0.15) is 11.5 Å². The molecule has 0 bridgehead atoms. The molecule has 0 amide bonds. The molecule has 0 heterocycles. The van der Waals surface area contributed by atoms with Gasteiger partial charge in [-0.25, -0.2) is 0 Å². The van der Waals surface area contributed by atoms with Gasteiger partial charge in [0.2, 0.25) is 0 Å². The van der Waals surface area contributed by atoms with Crippen LogP contribution >= 0.6 is 0 Å². The standard InChI is InChI=1S/C24H36O2/c1-15(2)17-13-16-9-10-20-23(6,18(16)14-19(17)25)11-8-12-24(20,7)21(26)22(3,4)5/h13-15,20,25H,8-12H2,1-7H3. The van der Waals surface area contributed by atoms with Crippen LogP contribution in [0.2, 0.25) is 0 Å². The summed E-state index contributed by atoms with van der Waals surface area (Å²) < 4.78 is 0. The fraction of sp³-hybridized carbons (Fsp3) is 0.708. The van der Waals surface area contributed by atoms with Gasteiger partial charge >= 0.3 is 0 Å². The molecule has 1 aromatic rings. The molecule has 2 aliphatic carbocycles. The molecule has 3 rings (SSSR count). The van der Waals surface area contributed by atoms with E-state index in [0.29, 0.717) is 23.4 Å². The highest BCUT2D eigenvalue weighted by atomic mass is 16.3. The summed E-state index contributed by atoms with van der Waals surface area (Å²) in [6.07, 6.45) is 5.27. The van der Waals surface area contributed by atoms with Crippen molar-refractivity contribution in [3.8, 4) is 5.75 Å². The van der Waals surface area contributed by atoms with Crippen molar-refractivity contribution in [3.63, 3.8) is 0 Å². The summed E-state index contributed by atoms with van der Waals surface area (Å²) in [5.74, 6) is 1.51. The Morgan fingerprint density at radius 2 is 1.85 bits per heavy atom. The number of ketones is 1. The lowest BCUT2D eigenvalue weighted by atomic mass is 9.47. The van der Waals surface area contributed by atoms with E-state index in [9.17, 15) is 9.90 Å². The van der Waals surface area contributed by atoms with E-state index in [2.05, 4.69) is 54.5 Å². The quantitative estimate of drug-likeness (QED) is 0.691. The normalized spacial score (nSPS) is 31.5. The molecule has 1 N–H and O–H groups in total. The number of hydrogen-bond acceptors (Lipinski definition) is 2. The molecule has 26 heavy (non-hydrogen) atoms. The molecule has 1 saturated carbocycles.